The largest absolute Gasteiger partial charge is 0.329 e. The Morgan fingerprint density at radius 3 is 2.68 bits per heavy atom. The molecule has 0 bridgehead atoms. The van der Waals surface area contributed by atoms with Crippen LogP contribution in [-0.2, 0) is 4.79 Å². The minimum atomic E-state index is -0.535. The van der Waals surface area contributed by atoms with E-state index in [1.807, 2.05) is 0 Å². The van der Waals surface area contributed by atoms with Gasteiger partial charge in [0.15, 0.2) is 0 Å². The lowest BCUT2D eigenvalue weighted by Crippen LogP contribution is -2.44. The first-order valence-electron chi connectivity index (χ1n) is 6.54. The molecular weight excluding hydrogens is 311 g/mol. The van der Waals surface area contributed by atoms with Gasteiger partial charge >= 0.3 is 0 Å². The maximum absolute atomic E-state index is 13.7. The summed E-state index contributed by atoms with van der Waals surface area (Å²) in [5, 5.41) is 2.69. The van der Waals surface area contributed by atoms with Gasteiger partial charge in [-0.15, -0.1) is 0 Å². The van der Waals surface area contributed by atoms with Crippen LogP contribution in [0.1, 0.15) is 32.1 Å². The van der Waals surface area contributed by atoms with Gasteiger partial charge in [0.25, 0.3) is 0 Å². The molecule has 0 aliphatic heterocycles. The molecule has 0 heterocycles. The molecule has 0 aromatic heterocycles. The van der Waals surface area contributed by atoms with Crippen LogP contribution in [0.2, 0.25) is 0 Å². The Morgan fingerprint density at radius 2 is 2.05 bits per heavy atom. The van der Waals surface area contributed by atoms with Crippen molar-refractivity contribution in [3.8, 4) is 0 Å². The van der Waals surface area contributed by atoms with Crippen molar-refractivity contribution in [1.29, 1.82) is 0 Å². The molecule has 0 spiro atoms. The van der Waals surface area contributed by atoms with Crippen LogP contribution in [0, 0.1) is 11.2 Å². The number of halogens is 2. The SMILES string of the molecule is NCC1(C(=O)Nc2cc(Br)ccc2F)CCCCC1. The van der Waals surface area contributed by atoms with Crippen molar-refractivity contribution >= 4 is 27.5 Å². The highest BCUT2D eigenvalue weighted by molar-refractivity contribution is 9.10. The zero-order valence-electron chi connectivity index (χ0n) is 10.7. The van der Waals surface area contributed by atoms with Gasteiger partial charge in [0, 0.05) is 11.0 Å². The van der Waals surface area contributed by atoms with E-state index in [2.05, 4.69) is 21.2 Å². The number of nitrogens with two attached hydrogens (primary N) is 1. The van der Waals surface area contributed by atoms with Crippen LogP contribution < -0.4 is 11.1 Å². The van der Waals surface area contributed by atoms with Crippen molar-refractivity contribution in [3.63, 3.8) is 0 Å². The molecule has 0 unspecified atom stereocenters. The summed E-state index contributed by atoms with van der Waals surface area (Å²) in [6, 6.07) is 4.50. The Labute approximate surface area is 120 Å². The van der Waals surface area contributed by atoms with E-state index >= 15 is 0 Å². The molecule has 104 valence electrons. The quantitative estimate of drug-likeness (QED) is 0.893. The average Bonchev–Trinajstić information content (AvgIpc) is 2.43. The normalized spacial score (nSPS) is 18.1. The average molecular weight is 329 g/mol. The van der Waals surface area contributed by atoms with E-state index in [0.717, 1.165) is 36.6 Å². The predicted molar refractivity (Wildman–Crippen MR) is 77.3 cm³/mol. The number of nitrogens with one attached hydrogen (secondary N) is 1. The molecule has 0 radical (unpaired) electrons. The van der Waals surface area contributed by atoms with Crippen LogP contribution in [0.3, 0.4) is 0 Å². The zero-order chi connectivity index (χ0) is 13.9. The van der Waals surface area contributed by atoms with Crippen LogP contribution in [0.5, 0.6) is 0 Å². The lowest BCUT2D eigenvalue weighted by molar-refractivity contribution is -0.126. The Hall–Kier alpha value is -0.940. The lowest BCUT2D eigenvalue weighted by Gasteiger charge is -2.34. The standard InChI is InChI=1S/C14H18BrFN2O/c15-10-4-5-11(16)12(8-10)18-13(19)14(9-17)6-2-1-3-7-14/h4-5,8H,1-3,6-7,9,17H2,(H,18,19). The number of hydrogen-bond donors (Lipinski definition) is 2. The zero-order valence-corrected chi connectivity index (χ0v) is 12.3. The molecule has 5 heteroatoms. The fourth-order valence-electron chi connectivity index (χ4n) is 2.60. The van der Waals surface area contributed by atoms with Crippen molar-refractivity contribution in [3.05, 3.63) is 28.5 Å². The van der Waals surface area contributed by atoms with E-state index in [0.29, 0.717) is 6.54 Å². The number of hydrogen-bond acceptors (Lipinski definition) is 2. The van der Waals surface area contributed by atoms with Crippen LogP contribution >= 0.6 is 15.9 Å². The molecule has 1 aliphatic carbocycles. The second kappa shape index (κ2) is 6.01. The Bertz CT molecular complexity index is 473. The van der Waals surface area contributed by atoms with Crippen molar-refractivity contribution in [2.75, 3.05) is 11.9 Å². The lowest BCUT2D eigenvalue weighted by atomic mass is 9.73. The van der Waals surface area contributed by atoms with Crippen molar-refractivity contribution in [2.45, 2.75) is 32.1 Å². The summed E-state index contributed by atoms with van der Waals surface area (Å²) in [5.74, 6) is -0.591. The topological polar surface area (TPSA) is 55.1 Å². The number of anilines is 1. The predicted octanol–water partition coefficient (Wildman–Crippen LogP) is 3.44. The Balaban J connectivity index is 2.17. The van der Waals surface area contributed by atoms with Gasteiger partial charge in [-0.05, 0) is 31.0 Å². The molecule has 19 heavy (non-hydrogen) atoms. The molecule has 1 aliphatic rings. The highest BCUT2D eigenvalue weighted by atomic mass is 79.9. The van der Waals surface area contributed by atoms with E-state index in [1.165, 1.54) is 6.07 Å². The monoisotopic (exact) mass is 328 g/mol. The number of amides is 1. The van der Waals surface area contributed by atoms with Gasteiger partial charge in [-0.25, -0.2) is 4.39 Å². The summed E-state index contributed by atoms with van der Waals surface area (Å²) in [4.78, 5) is 12.4. The Kier molecular flexibility index (Phi) is 4.58. The van der Waals surface area contributed by atoms with Gasteiger partial charge in [0.05, 0.1) is 11.1 Å². The highest BCUT2D eigenvalue weighted by Gasteiger charge is 2.38. The summed E-state index contributed by atoms with van der Waals surface area (Å²) in [5.41, 5.74) is 5.47. The molecule has 3 N–H and O–H groups in total. The maximum Gasteiger partial charge on any atom is 0.231 e. The molecule has 3 nitrogen and oxygen atoms in total. The summed E-state index contributed by atoms with van der Waals surface area (Å²) < 4.78 is 14.4. The van der Waals surface area contributed by atoms with E-state index in [9.17, 15) is 9.18 Å². The van der Waals surface area contributed by atoms with Gasteiger partial charge in [-0.2, -0.15) is 0 Å². The van der Waals surface area contributed by atoms with Gasteiger partial charge in [0.2, 0.25) is 5.91 Å². The fraction of sp³-hybridized carbons (Fsp3) is 0.500. The van der Waals surface area contributed by atoms with Crippen LogP contribution in [0.4, 0.5) is 10.1 Å². The van der Waals surface area contributed by atoms with E-state index in [4.69, 9.17) is 5.73 Å². The number of rotatable bonds is 3. The van der Waals surface area contributed by atoms with Crippen molar-refractivity contribution in [1.82, 2.24) is 0 Å². The minimum Gasteiger partial charge on any atom is -0.329 e. The number of carbonyl (C=O) groups is 1. The first kappa shape index (κ1) is 14.5. The number of benzene rings is 1. The third-order valence-corrected chi connectivity index (χ3v) is 4.35. The molecule has 2 rings (SSSR count). The third kappa shape index (κ3) is 3.15. The second-order valence-corrected chi connectivity index (χ2v) is 6.04. The molecule has 1 saturated carbocycles. The molecule has 0 atom stereocenters. The van der Waals surface area contributed by atoms with Gasteiger partial charge in [-0.1, -0.05) is 35.2 Å². The third-order valence-electron chi connectivity index (χ3n) is 3.86. The van der Waals surface area contributed by atoms with Gasteiger partial charge in [0.1, 0.15) is 5.82 Å². The molecule has 1 aromatic rings. The number of carbonyl (C=O) groups excluding carboxylic acids is 1. The van der Waals surface area contributed by atoms with Crippen LogP contribution in [0.25, 0.3) is 0 Å². The summed E-state index contributed by atoms with van der Waals surface area (Å²) in [6.45, 7) is 0.314. The minimum absolute atomic E-state index is 0.160. The van der Waals surface area contributed by atoms with Crippen molar-refractivity contribution in [2.24, 2.45) is 11.1 Å². The molecule has 1 aromatic carbocycles. The maximum atomic E-state index is 13.7. The van der Waals surface area contributed by atoms with Gasteiger partial charge < -0.3 is 11.1 Å². The second-order valence-electron chi connectivity index (χ2n) is 5.12. The van der Waals surface area contributed by atoms with Crippen molar-refractivity contribution < 1.29 is 9.18 Å². The summed E-state index contributed by atoms with van der Waals surface area (Å²) in [6.07, 6.45) is 4.72. The van der Waals surface area contributed by atoms with Crippen LogP contribution in [0.15, 0.2) is 22.7 Å². The fourth-order valence-corrected chi connectivity index (χ4v) is 2.96. The first-order chi connectivity index (χ1) is 9.07. The molecule has 1 fully saturated rings. The Morgan fingerprint density at radius 1 is 1.37 bits per heavy atom. The van der Waals surface area contributed by atoms with Gasteiger partial charge in [-0.3, -0.25) is 4.79 Å². The van der Waals surface area contributed by atoms with E-state index in [1.54, 1.807) is 12.1 Å². The van der Waals surface area contributed by atoms with E-state index < -0.39 is 11.2 Å². The molecule has 1 amide bonds. The van der Waals surface area contributed by atoms with E-state index in [-0.39, 0.29) is 11.6 Å². The molecule has 0 saturated heterocycles. The summed E-state index contributed by atoms with van der Waals surface area (Å²) >= 11 is 3.27. The first-order valence-corrected chi connectivity index (χ1v) is 7.33. The molecular formula is C14H18BrFN2O. The highest BCUT2D eigenvalue weighted by Crippen LogP contribution is 2.36. The summed E-state index contributed by atoms with van der Waals surface area (Å²) in [7, 11) is 0. The van der Waals surface area contributed by atoms with Crippen LogP contribution in [-0.4, -0.2) is 12.5 Å². The smallest absolute Gasteiger partial charge is 0.231 e.